The summed E-state index contributed by atoms with van der Waals surface area (Å²) in [5.41, 5.74) is -4.71. The summed E-state index contributed by atoms with van der Waals surface area (Å²) in [5.74, 6) is -0.597. The van der Waals surface area contributed by atoms with Gasteiger partial charge in [0.25, 0.3) is 16.1 Å². The molecule has 2 fully saturated rings. The minimum atomic E-state index is -4.57. The summed E-state index contributed by atoms with van der Waals surface area (Å²) < 4.78 is 72.4. The van der Waals surface area contributed by atoms with Crippen LogP contribution >= 0.6 is 11.8 Å². The predicted octanol–water partition coefficient (Wildman–Crippen LogP) is 1.81. The molecular weight excluding hydrogens is 445 g/mol. The Balaban J connectivity index is 1.67. The van der Waals surface area contributed by atoms with E-state index in [1.54, 1.807) is 13.8 Å². The lowest BCUT2D eigenvalue weighted by Crippen LogP contribution is -2.57. The van der Waals surface area contributed by atoms with Gasteiger partial charge in [-0.1, -0.05) is 0 Å². The number of hydrogen-bond acceptors (Lipinski definition) is 6. The van der Waals surface area contributed by atoms with Gasteiger partial charge in [0.05, 0.1) is 17.8 Å². The highest BCUT2D eigenvalue weighted by atomic mass is 32.2. The first-order valence-electron chi connectivity index (χ1n) is 9.38. The summed E-state index contributed by atoms with van der Waals surface area (Å²) in [4.78, 5) is 17.8. The third kappa shape index (κ3) is 5.44. The van der Waals surface area contributed by atoms with Gasteiger partial charge in [0, 0.05) is 57.2 Å². The Labute approximate surface area is 177 Å². The maximum atomic E-state index is 12.9. The van der Waals surface area contributed by atoms with Crippen LogP contribution in [0.15, 0.2) is 23.4 Å². The molecule has 0 aromatic carbocycles. The van der Waals surface area contributed by atoms with Crippen molar-refractivity contribution in [3.05, 3.63) is 23.9 Å². The first kappa shape index (κ1) is 23.3. The molecule has 30 heavy (non-hydrogen) atoms. The van der Waals surface area contributed by atoms with Crippen molar-refractivity contribution in [2.24, 2.45) is 0 Å². The maximum absolute atomic E-state index is 12.9. The number of rotatable bonds is 4. The number of hydrogen-bond donors (Lipinski definition) is 0. The molecule has 0 radical (unpaired) electrons. The van der Waals surface area contributed by atoms with E-state index in [-0.39, 0.29) is 57.0 Å². The standard InChI is InChI=1S/C17H23F3N4O4S2/c1-12-10-24(11-13(2)28-12)30(26,27)23-8-6-22(7-9-23)16(25)14-4-3-5-21-15(14)29-17(18,19)20/h3-5,12-13H,6-11H2,1-2H3. The van der Waals surface area contributed by atoms with Crippen LogP contribution < -0.4 is 0 Å². The molecule has 0 saturated carbocycles. The molecule has 1 aromatic heterocycles. The number of carbonyl (C=O) groups excluding carboxylic acids is 1. The summed E-state index contributed by atoms with van der Waals surface area (Å²) in [6.45, 7) is 4.40. The molecule has 2 saturated heterocycles. The minimum absolute atomic E-state index is 0.0657. The van der Waals surface area contributed by atoms with Gasteiger partial charge in [-0.15, -0.1) is 0 Å². The Bertz CT molecular complexity index is 866. The fourth-order valence-corrected chi connectivity index (χ4v) is 5.87. The van der Waals surface area contributed by atoms with Crippen LogP contribution in [0.1, 0.15) is 24.2 Å². The molecule has 0 aliphatic carbocycles. The normalized spacial score (nSPS) is 24.8. The average molecular weight is 469 g/mol. The Kier molecular flexibility index (Phi) is 6.97. The lowest BCUT2D eigenvalue weighted by atomic mass is 10.2. The van der Waals surface area contributed by atoms with E-state index < -0.39 is 38.4 Å². The minimum Gasteiger partial charge on any atom is -0.373 e. The number of ether oxygens (including phenoxy) is 1. The topological polar surface area (TPSA) is 83.1 Å². The van der Waals surface area contributed by atoms with Crippen molar-refractivity contribution in [3.8, 4) is 0 Å². The van der Waals surface area contributed by atoms with E-state index in [4.69, 9.17) is 4.74 Å². The van der Waals surface area contributed by atoms with E-state index in [0.717, 1.165) is 0 Å². The molecule has 1 aromatic rings. The van der Waals surface area contributed by atoms with Crippen LogP contribution in [0.2, 0.25) is 0 Å². The number of aromatic nitrogens is 1. The van der Waals surface area contributed by atoms with Crippen LogP contribution in [0, 0.1) is 0 Å². The Morgan fingerprint density at radius 3 is 2.30 bits per heavy atom. The molecule has 0 bridgehead atoms. The zero-order chi connectivity index (χ0) is 22.1. The SMILES string of the molecule is CC1CN(S(=O)(=O)N2CCN(C(=O)c3cccnc3SC(F)(F)F)CC2)CC(C)O1. The van der Waals surface area contributed by atoms with Crippen molar-refractivity contribution in [3.63, 3.8) is 0 Å². The molecule has 1 amide bonds. The quantitative estimate of drug-likeness (QED) is 0.627. The van der Waals surface area contributed by atoms with Crippen molar-refractivity contribution in [1.82, 2.24) is 18.5 Å². The van der Waals surface area contributed by atoms with Crippen LogP contribution in [-0.4, -0.2) is 89.8 Å². The largest absolute Gasteiger partial charge is 0.447 e. The molecule has 3 rings (SSSR count). The Morgan fingerprint density at radius 2 is 1.73 bits per heavy atom. The molecule has 2 atom stereocenters. The summed E-state index contributed by atoms with van der Waals surface area (Å²) in [7, 11) is -3.71. The highest BCUT2D eigenvalue weighted by Gasteiger charge is 2.38. The number of nitrogens with zero attached hydrogens (tertiary/aromatic N) is 4. The number of pyridine rings is 1. The molecule has 168 valence electrons. The number of amides is 1. The Hall–Kier alpha value is -1.41. The van der Waals surface area contributed by atoms with Gasteiger partial charge in [-0.05, 0) is 26.0 Å². The van der Waals surface area contributed by atoms with E-state index in [1.807, 2.05) is 0 Å². The van der Waals surface area contributed by atoms with Crippen molar-refractivity contribution in [2.75, 3.05) is 39.3 Å². The van der Waals surface area contributed by atoms with Crippen molar-refractivity contribution >= 4 is 27.9 Å². The van der Waals surface area contributed by atoms with Gasteiger partial charge in [-0.25, -0.2) is 4.98 Å². The summed E-state index contributed by atoms with van der Waals surface area (Å²) >= 11 is -0.440. The second-order valence-electron chi connectivity index (χ2n) is 7.18. The van der Waals surface area contributed by atoms with Gasteiger partial charge in [-0.3, -0.25) is 4.79 Å². The zero-order valence-corrected chi connectivity index (χ0v) is 18.1. The zero-order valence-electron chi connectivity index (χ0n) is 16.5. The highest BCUT2D eigenvalue weighted by molar-refractivity contribution is 8.00. The molecule has 2 aliphatic heterocycles. The molecule has 8 nitrogen and oxygen atoms in total. The van der Waals surface area contributed by atoms with E-state index in [2.05, 4.69) is 4.98 Å². The van der Waals surface area contributed by atoms with Gasteiger partial charge in [0.2, 0.25) is 0 Å². The molecular formula is C17H23F3N4O4S2. The first-order valence-corrected chi connectivity index (χ1v) is 11.6. The average Bonchev–Trinajstić information content (AvgIpc) is 2.66. The maximum Gasteiger partial charge on any atom is 0.447 e. The Morgan fingerprint density at radius 1 is 1.13 bits per heavy atom. The van der Waals surface area contributed by atoms with Crippen LogP contribution in [-0.2, 0) is 14.9 Å². The number of thioether (sulfide) groups is 1. The number of carbonyl (C=O) groups is 1. The third-order valence-electron chi connectivity index (χ3n) is 4.78. The molecule has 0 N–H and O–H groups in total. The lowest BCUT2D eigenvalue weighted by Gasteiger charge is -2.40. The van der Waals surface area contributed by atoms with Gasteiger partial charge in [-0.2, -0.15) is 30.2 Å². The number of halogens is 3. The fourth-order valence-electron chi connectivity index (χ4n) is 3.52. The van der Waals surface area contributed by atoms with Gasteiger partial charge >= 0.3 is 5.51 Å². The van der Waals surface area contributed by atoms with Gasteiger partial charge in [0.15, 0.2) is 0 Å². The molecule has 2 aliphatic rings. The predicted molar refractivity (Wildman–Crippen MR) is 104 cm³/mol. The summed E-state index contributed by atoms with van der Waals surface area (Å²) in [5, 5.41) is -0.415. The van der Waals surface area contributed by atoms with Crippen LogP contribution in [0.4, 0.5) is 13.2 Å². The first-order chi connectivity index (χ1) is 14.0. The van der Waals surface area contributed by atoms with Crippen LogP contribution in [0.5, 0.6) is 0 Å². The lowest BCUT2D eigenvalue weighted by molar-refractivity contribution is -0.0457. The van der Waals surface area contributed by atoms with Gasteiger partial charge in [0.1, 0.15) is 5.03 Å². The monoisotopic (exact) mass is 468 g/mol. The highest BCUT2D eigenvalue weighted by Crippen LogP contribution is 2.37. The van der Waals surface area contributed by atoms with Gasteiger partial charge < -0.3 is 9.64 Å². The van der Waals surface area contributed by atoms with E-state index in [1.165, 1.54) is 31.8 Å². The van der Waals surface area contributed by atoms with Crippen molar-refractivity contribution in [2.45, 2.75) is 36.6 Å². The summed E-state index contributed by atoms with van der Waals surface area (Å²) in [6, 6.07) is 2.69. The van der Waals surface area contributed by atoms with E-state index in [9.17, 15) is 26.4 Å². The third-order valence-corrected chi connectivity index (χ3v) is 7.50. The van der Waals surface area contributed by atoms with Crippen LogP contribution in [0.3, 0.4) is 0 Å². The number of alkyl halides is 3. The number of morpholine rings is 1. The number of piperazine rings is 1. The molecule has 2 unspecified atom stereocenters. The fraction of sp³-hybridized carbons (Fsp3) is 0.647. The molecule has 0 spiro atoms. The van der Waals surface area contributed by atoms with Crippen molar-refractivity contribution < 1.29 is 31.1 Å². The second-order valence-corrected chi connectivity index (χ2v) is 10.2. The van der Waals surface area contributed by atoms with E-state index in [0.29, 0.717) is 0 Å². The van der Waals surface area contributed by atoms with E-state index >= 15 is 0 Å². The molecule has 3 heterocycles. The summed E-state index contributed by atoms with van der Waals surface area (Å²) in [6.07, 6.45) is 0.753. The van der Waals surface area contributed by atoms with Crippen molar-refractivity contribution in [1.29, 1.82) is 0 Å². The second kappa shape index (κ2) is 8.99. The smallest absolute Gasteiger partial charge is 0.373 e. The molecule has 13 heteroatoms. The van der Waals surface area contributed by atoms with Crippen LogP contribution in [0.25, 0.3) is 0 Å².